The van der Waals surface area contributed by atoms with Gasteiger partial charge < -0.3 is 0 Å². The molecule has 1 aromatic heterocycles. The molecule has 0 fully saturated rings. The molecule has 0 unspecified atom stereocenters. The number of benzene rings is 8. The van der Waals surface area contributed by atoms with Crippen LogP contribution in [0.25, 0.3) is 88.5 Å². The average Bonchev–Trinajstić information content (AvgIpc) is 3.18. The predicted octanol–water partition coefficient (Wildman–Crippen LogP) is 12.3. The Hall–Kier alpha value is -6.38. The average molecular weight is 611 g/mol. The zero-order valence-electron chi connectivity index (χ0n) is 26.2. The Balaban J connectivity index is 1.14. The molecule has 1 heterocycles. The molecule has 0 amide bonds. The van der Waals surface area contributed by atoms with Gasteiger partial charge in [0.2, 0.25) is 0 Å². The fourth-order valence-corrected chi connectivity index (χ4v) is 6.87. The van der Waals surface area contributed by atoms with Gasteiger partial charge in [-0.2, -0.15) is 0 Å². The number of hydrogen-bond donors (Lipinski definition) is 0. The molecule has 8 aromatic carbocycles. The zero-order valence-corrected chi connectivity index (χ0v) is 26.2. The van der Waals surface area contributed by atoms with Crippen LogP contribution in [0.2, 0.25) is 0 Å². The van der Waals surface area contributed by atoms with Gasteiger partial charge in [0, 0.05) is 16.7 Å². The van der Waals surface area contributed by atoms with E-state index in [2.05, 4.69) is 170 Å². The normalized spacial score (nSPS) is 11.3. The van der Waals surface area contributed by atoms with Crippen LogP contribution < -0.4 is 0 Å². The van der Waals surface area contributed by atoms with E-state index in [-0.39, 0.29) is 0 Å². The summed E-state index contributed by atoms with van der Waals surface area (Å²) in [5.74, 6) is 0.707. The van der Waals surface area contributed by atoms with Crippen molar-refractivity contribution in [1.29, 1.82) is 0 Å². The van der Waals surface area contributed by atoms with Gasteiger partial charge in [0.15, 0.2) is 5.82 Å². The lowest BCUT2D eigenvalue weighted by Crippen LogP contribution is -1.96. The van der Waals surface area contributed by atoms with Gasteiger partial charge in [-0.05, 0) is 72.8 Å². The molecular weight excluding hydrogens is 581 g/mol. The van der Waals surface area contributed by atoms with E-state index in [1.807, 2.05) is 12.1 Å². The van der Waals surface area contributed by atoms with Crippen LogP contribution in [0.4, 0.5) is 0 Å². The van der Waals surface area contributed by atoms with E-state index >= 15 is 0 Å². The minimum Gasteiger partial charge on any atom is -0.228 e. The Morgan fingerprint density at radius 3 is 1.29 bits per heavy atom. The fraction of sp³-hybridized carbons (Fsp3) is 0. The third-order valence-electron chi connectivity index (χ3n) is 9.28. The SMILES string of the molecule is c1ccc(-c2cccc(-c3cc(-c4ccccc4)nc(-c4ccc(-c5ccc6c7ccccc7c7ccccc7c6c5)cc4)n3)c2)cc1. The molecule has 9 rings (SSSR count). The van der Waals surface area contributed by atoms with Crippen molar-refractivity contribution in [3.63, 3.8) is 0 Å². The number of hydrogen-bond acceptors (Lipinski definition) is 2. The van der Waals surface area contributed by atoms with Crippen molar-refractivity contribution in [2.45, 2.75) is 0 Å². The summed E-state index contributed by atoms with van der Waals surface area (Å²) in [7, 11) is 0. The molecular formula is C46H30N2. The summed E-state index contributed by atoms with van der Waals surface area (Å²) in [5.41, 5.74) is 9.60. The first-order chi connectivity index (χ1) is 23.8. The summed E-state index contributed by atoms with van der Waals surface area (Å²) in [4.78, 5) is 10.2. The van der Waals surface area contributed by atoms with Crippen LogP contribution in [0.15, 0.2) is 182 Å². The molecule has 0 N–H and O–H groups in total. The molecule has 9 aromatic rings. The molecule has 0 bridgehead atoms. The van der Waals surface area contributed by atoms with E-state index < -0.39 is 0 Å². The summed E-state index contributed by atoms with van der Waals surface area (Å²) in [5, 5.41) is 7.69. The van der Waals surface area contributed by atoms with E-state index in [9.17, 15) is 0 Å². The zero-order chi connectivity index (χ0) is 31.9. The van der Waals surface area contributed by atoms with Crippen molar-refractivity contribution < 1.29 is 0 Å². The van der Waals surface area contributed by atoms with Crippen LogP contribution in [0, 0.1) is 0 Å². The number of fused-ring (bicyclic) bond motifs is 6. The van der Waals surface area contributed by atoms with Crippen LogP contribution >= 0.6 is 0 Å². The van der Waals surface area contributed by atoms with Gasteiger partial charge >= 0.3 is 0 Å². The van der Waals surface area contributed by atoms with Crippen LogP contribution in [-0.4, -0.2) is 9.97 Å². The lowest BCUT2D eigenvalue weighted by Gasteiger charge is -2.13. The van der Waals surface area contributed by atoms with E-state index in [4.69, 9.17) is 9.97 Å². The first-order valence-electron chi connectivity index (χ1n) is 16.3. The highest BCUT2D eigenvalue weighted by molar-refractivity contribution is 6.25. The van der Waals surface area contributed by atoms with Crippen molar-refractivity contribution in [3.05, 3.63) is 182 Å². The van der Waals surface area contributed by atoms with Crippen LogP contribution in [0.1, 0.15) is 0 Å². The minimum absolute atomic E-state index is 0.707. The Bertz CT molecular complexity index is 2550. The highest BCUT2D eigenvalue weighted by atomic mass is 14.9. The lowest BCUT2D eigenvalue weighted by atomic mass is 9.92. The third kappa shape index (κ3) is 5.01. The van der Waals surface area contributed by atoms with E-state index in [0.29, 0.717) is 5.82 Å². The van der Waals surface area contributed by atoms with Crippen molar-refractivity contribution in [2.75, 3.05) is 0 Å². The van der Waals surface area contributed by atoms with Gasteiger partial charge in [0.25, 0.3) is 0 Å². The molecule has 2 heteroatoms. The van der Waals surface area contributed by atoms with Gasteiger partial charge in [-0.15, -0.1) is 0 Å². The molecule has 48 heavy (non-hydrogen) atoms. The summed E-state index contributed by atoms with van der Waals surface area (Å²) >= 11 is 0. The summed E-state index contributed by atoms with van der Waals surface area (Å²) in [6, 6.07) is 64.5. The van der Waals surface area contributed by atoms with Crippen LogP contribution in [-0.2, 0) is 0 Å². The number of aromatic nitrogens is 2. The maximum atomic E-state index is 5.13. The first kappa shape index (κ1) is 27.9. The van der Waals surface area contributed by atoms with Crippen molar-refractivity contribution >= 4 is 32.3 Å². The van der Waals surface area contributed by atoms with Gasteiger partial charge in [-0.1, -0.05) is 164 Å². The highest BCUT2D eigenvalue weighted by Crippen LogP contribution is 2.37. The lowest BCUT2D eigenvalue weighted by molar-refractivity contribution is 1.18. The number of rotatable bonds is 5. The maximum Gasteiger partial charge on any atom is 0.160 e. The smallest absolute Gasteiger partial charge is 0.160 e. The van der Waals surface area contributed by atoms with Gasteiger partial charge in [0.05, 0.1) is 11.4 Å². The second-order valence-electron chi connectivity index (χ2n) is 12.2. The van der Waals surface area contributed by atoms with E-state index in [1.165, 1.54) is 43.4 Å². The molecule has 0 radical (unpaired) electrons. The predicted molar refractivity (Wildman–Crippen MR) is 202 cm³/mol. The summed E-state index contributed by atoms with van der Waals surface area (Å²) < 4.78 is 0. The molecule has 2 nitrogen and oxygen atoms in total. The molecule has 0 saturated heterocycles. The largest absolute Gasteiger partial charge is 0.228 e. The molecule has 0 aliphatic carbocycles. The summed E-state index contributed by atoms with van der Waals surface area (Å²) in [6.45, 7) is 0. The standard InChI is InChI=1S/C46H30N2/c1-3-12-31(13-4-1)35-16-11-17-37(28-35)45-30-44(33-14-5-2-6-15-33)47-46(48-45)34-24-22-32(23-25-34)36-26-27-42-40-20-8-7-18-38(40)39-19-9-10-21-41(39)43(42)29-36/h1-30H. The fourth-order valence-electron chi connectivity index (χ4n) is 6.87. The molecule has 0 atom stereocenters. The van der Waals surface area contributed by atoms with E-state index in [1.54, 1.807) is 0 Å². The maximum absolute atomic E-state index is 5.13. The van der Waals surface area contributed by atoms with Gasteiger partial charge in [0.1, 0.15) is 0 Å². The first-order valence-corrected chi connectivity index (χ1v) is 16.3. The van der Waals surface area contributed by atoms with Crippen molar-refractivity contribution in [1.82, 2.24) is 9.97 Å². The molecule has 0 spiro atoms. The molecule has 0 saturated carbocycles. The Morgan fingerprint density at radius 1 is 0.229 bits per heavy atom. The van der Waals surface area contributed by atoms with Gasteiger partial charge in [-0.3, -0.25) is 0 Å². The van der Waals surface area contributed by atoms with Crippen molar-refractivity contribution in [2.24, 2.45) is 0 Å². The summed E-state index contributed by atoms with van der Waals surface area (Å²) in [6.07, 6.45) is 0. The van der Waals surface area contributed by atoms with Crippen LogP contribution in [0.3, 0.4) is 0 Å². The second-order valence-corrected chi connectivity index (χ2v) is 12.2. The second kappa shape index (κ2) is 11.8. The minimum atomic E-state index is 0.707. The van der Waals surface area contributed by atoms with Crippen molar-refractivity contribution in [3.8, 4) is 56.2 Å². The highest BCUT2D eigenvalue weighted by Gasteiger charge is 2.13. The van der Waals surface area contributed by atoms with E-state index in [0.717, 1.165) is 39.2 Å². The third-order valence-corrected chi connectivity index (χ3v) is 9.28. The quantitative estimate of drug-likeness (QED) is 0.181. The van der Waals surface area contributed by atoms with Crippen LogP contribution in [0.5, 0.6) is 0 Å². The Kier molecular flexibility index (Phi) is 6.84. The monoisotopic (exact) mass is 610 g/mol. The topological polar surface area (TPSA) is 25.8 Å². The number of nitrogens with zero attached hydrogens (tertiary/aromatic N) is 2. The Morgan fingerprint density at radius 2 is 0.646 bits per heavy atom. The molecule has 0 aliphatic heterocycles. The Labute approximate surface area is 279 Å². The molecule has 224 valence electrons. The molecule has 0 aliphatic rings. The van der Waals surface area contributed by atoms with Gasteiger partial charge in [-0.25, -0.2) is 9.97 Å².